The Morgan fingerprint density at radius 1 is 1.18 bits per heavy atom. The van der Waals surface area contributed by atoms with E-state index in [4.69, 9.17) is 20.9 Å². The van der Waals surface area contributed by atoms with Gasteiger partial charge in [0.1, 0.15) is 11.4 Å². The second kappa shape index (κ2) is 10.6. The average Bonchev–Trinajstić information content (AvgIpc) is 3.14. The average molecular weight is 500 g/mol. The van der Waals surface area contributed by atoms with E-state index in [9.17, 15) is 14.3 Å². The maximum absolute atomic E-state index is 13.2. The molecule has 1 aliphatic rings. The van der Waals surface area contributed by atoms with Crippen molar-refractivity contribution in [1.82, 2.24) is 9.88 Å². The Kier molecular flexibility index (Phi) is 8.29. The molecule has 1 amide bonds. The summed E-state index contributed by atoms with van der Waals surface area (Å²) < 4.78 is 21.2. The van der Waals surface area contributed by atoms with E-state index in [-0.39, 0.29) is 52.7 Å². The molecule has 1 aliphatic heterocycles. The van der Waals surface area contributed by atoms with Crippen LogP contribution in [0.2, 0.25) is 5.02 Å². The normalized spacial score (nSPS) is 15.5. The monoisotopic (exact) mass is 499 g/mol. The van der Waals surface area contributed by atoms with E-state index in [0.717, 1.165) is 5.69 Å². The minimum absolute atomic E-state index is 0. The van der Waals surface area contributed by atoms with Gasteiger partial charge in [0.2, 0.25) is 5.76 Å². The summed E-state index contributed by atoms with van der Waals surface area (Å²) in [5.74, 6) is -0.0547. The number of phosphoric acid groups is 1. The molecule has 1 unspecified atom stereocenters. The first kappa shape index (κ1) is 25.8. The van der Waals surface area contributed by atoms with E-state index in [1.807, 2.05) is 24.3 Å². The number of carbonyl (C=O) groups excluding carboxylic acids is 1. The molecule has 2 aromatic carbocycles. The van der Waals surface area contributed by atoms with Crippen LogP contribution >= 0.6 is 19.4 Å². The standard InChI is InChI=1S/C21H21ClN3O6P.Na/c1-14-23-19(15-4-2-7-18(12-15)31-32(27,28)29)20(30-14)21(26)25-10-8-24(9-11-25)17-6-3-5-16(22)13-17;/h2-7,12-13H,8-11H2,1H3,(H2,27,28,29);/q;+1/p-1. The van der Waals surface area contributed by atoms with E-state index in [2.05, 4.69) is 14.4 Å². The van der Waals surface area contributed by atoms with Crippen LogP contribution in [0, 0.1) is 6.92 Å². The fourth-order valence-corrected chi connectivity index (χ4v) is 4.15. The van der Waals surface area contributed by atoms with Gasteiger partial charge in [0.05, 0.1) is 0 Å². The largest absolute Gasteiger partial charge is 1.00 e. The van der Waals surface area contributed by atoms with E-state index in [1.165, 1.54) is 18.2 Å². The zero-order valence-electron chi connectivity index (χ0n) is 18.1. The zero-order valence-corrected chi connectivity index (χ0v) is 21.8. The fourth-order valence-electron chi connectivity index (χ4n) is 3.59. The minimum Gasteiger partial charge on any atom is -0.746 e. The second-order valence-electron chi connectivity index (χ2n) is 7.26. The summed E-state index contributed by atoms with van der Waals surface area (Å²) in [6, 6.07) is 13.5. The minimum atomic E-state index is -4.96. The molecule has 1 fully saturated rings. The molecule has 0 aliphatic carbocycles. The fraction of sp³-hybridized carbons (Fsp3) is 0.238. The number of hydrogen-bond acceptors (Lipinski definition) is 7. The molecular formula is C21H20ClN3NaO6P. The molecule has 168 valence electrons. The maximum atomic E-state index is 13.2. The molecule has 0 radical (unpaired) electrons. The molecular weight excluding hydrogens is 480 g/mol. The predicted molar refractivity (Wildman–Crippen MR) is 117 cm³/mol. The quantitative estimate of drug-likeness (QED) is 0.388. The number of rotatable bonds is 5. The van der Waals surface area contributed by atoms with Crippen molar-refractivity contribution in [1.29, 1.82) is 0 Å². The molecule has 1 saturated heterocycles. The molecule has 3 aromatic rings. The van der Waals surface area contributed by atoms with E-state index >= 15 is 0 Å². The van der Waals surface area contributed by atoms with Crippen molar-refractivity contribution < 1.29 is 57.6 Å². The molecule has 1 atom stereocenters. The number of aromatic nitrogens is 1. The van der Waals surface area contributed by atoms with Gasteiger partial charge in [0.25, 0.3) is 5.91 Å². The van der Waals surface area contributed by atoms with Gasteiger partial charge >= 0.3 is 37.4 Å². The summed E-state index contributed by atoms with van der Waals surface area (Å²) in [4.78, 5) is 41.3. The van der Waals surface area contributed by atoms with E-state index < -0.39 is 7.82 Å². The van der Waals surface area contributed by atoms with Crippen molar-refractivity contribution >= 4 is 31.0 Å². The topological polar surface area (TPSA) is 119 Å². The van der Waals surface area contributed by atoms with Crippen LogP contribution in [-0.4, -0.2) is 46.9 Å². The summed E-state index contributed by atoms with van der Waals surface area (Å²) >= 11 is 6.08. The Morgan fingerprint density at radius 2 is 1.88 bits per heavy atom. The summed E-state index contributed by atoms with van der Waals surface area (Å²) in [7, 11) is -4.96. The number of benzene rings is 2. The summed E-state index contributed by atoms with van der Waals surface area (Å²) in [5, 5.41) is 0.656. The molecule has 33 heavy (non-hydrogen) atoms. The van der Waals surface area contributed by atoms with Gasteiger partial charge < -0.3 is 28.5 Å². The number of amides is 1. The van der Waals surface area contributed by atoms with Crippen LogP contribution in [0.5, 0.6) is 5.75 Å². The number of aryl methyl sites for hydroxylation is 1. The second-order valence-corrected chi connectivity index (χ2v) is 8.81. The van der Waals surface area contributed by atoms with Gasteiger partial charge in [-0.05, 0) is 30.3 Å². The van der Waals surface area contributed by atoms with Crippen molar-refractivity contribution in [2.75, 3.05) is 31.1 Å². The molecule has 12 heteroatoms. The number of piperazine rings is 1. The van der Waals surface area contributed by atoms with Gasteiger partial charge in [-0.25, -0.2) is 4.98 Å². The number of phosphoric ester groups is 1. The van der Waals surface area contributed by atoms with Crippen molar-refractivity contribution in [3.05, 3.63) is 65.2 Å². The van der Waals surface area contributed by atoms with Crippen molar-refractivity contribution in [3.8, 4) is 17.0 Å². The van der Waals surface area contributed by atoms with Crippen LogP contribution in [0.4, 0.5) is 5.69 Å². The molecule has 0 bridgehead atoms. The Labute approximate surface area is 217 Å². The number of anilines is 1. The molecule has 1 N–H and O–H groups in total. The maximum Gasteiger partial charge on any atom is 1.00 e. The summed E-state index contributed by atoms with van der Waals surface area (Å²) in [5.41, 5.74) is 1.69. The van der Waals surface area contributed by atoms with Gasteiger partial charge in [-0.2, -0.15) is 0 Å². The molecule has 9 nitrogen and oxygen atoms in total. The number of hydrogen-bond donors (Lipinski definition) is 1. The van der Waals surface area contributed by atoms with Gasteiger partial charge in [-0.15, -0.1) is 0 Å². The third-order valence-electron chi connectivity index (χ3n) is 5.00. The third kappa shape index (κ3) is 6.39. The van der Waals surface area contributed by atoms with Gasteiger partial charge in [-0.1, -0.05) is 29.8 Å². The predicted octanol–water partition coefficient (Wildman–Crippen LogP) is 0.109. The van der Waals surface area contributed by atoms with Crippen molar-refractivity contribution in [2.24, 2.45) is 0 Å². The van der Waals surface area contributed by atoms with E-state index in [1.54, 1.807) is 17.9 Å². The van der Waals surface area contributed by atoms with Crippen molar-refractivity contribution in [3.63, 3.8) is 0 Å². The van der Waals surface area contributed by atoms with Crippen LogP contribution in [0.15, 0.2) is 52.9 Å². The molecule has 4 rings (SSSR count). The number of oxazole rings is 1. The van der Waals surface area contributed by atoms with Crippen LogP contribution in [0.1, 0.15) is 16.4 Å². The number of nitrogens with zero attached hydrogens (tertiary/aromatic N) is 3. The Bertz CT molecular complexity index is 1190. The summed E-state index contributed by atoms with van der Waals surface area (Å²) in [6.07, 6.45) is 0. The molecule has 0 spiro atoms. The Balaban J connectivity index is 0.00000306. The van der Waals surface area contributed by atoms with Crippen LogP contribution in [-0.2, 0) is 4.57 Å². The first-order chi connectivity index (χ1) is 15.2. The number of carbonyl (C=O) groups is 1. The Hall–Kier alpha value is -1.84. The van der Waals surface area contributed by atoms with E-state index in [0.29, 0.717) is 42.7 Å². The first-order valence-electron chi connectivity index (χ1n) is 9.81. The van der Waals surface area contributed by atoms with Crippen LogP contribution in [0.3, 0.4) is 0 Å². The van der Waals surface area contributed by atoms with Crippen LogP contribution < -0.4 is 43.9 Å². The van der Waals surface area contributed by atoms with Crippen molar-refractivity contribution in [2.45, 2.75) is 6.92 Å². The van der Waals surface area contributed by atoms with Gasteiger partial charge in [0, 0.05) is 49.4 Å². The Morgan fingerprint density at radius 3 is 2.55 bits per heavy atom. The third-order valence-corrected chi connectivity index (χ3v) is 5.67. The smallest absolute Gasteiger partial charge is 0.746 e. The molecule has 0 saturated carbocycles. The SMILES string of the molecule is Cc1nc(-c2cccc(OP(=O)([O-])O)c2)c(C(=O)N2CCN(c3cccc(Cl)c3)CC2)o1.[Na+]. The zero-order chi connectivity index (χ0) is 22.9. The molecule has 1 aromatic heterocycles. The number of halogens is 1. The summed E-state index contributed by atoms with van der Waals surface area (Å²) in [6.45, 7) is 3.85. The molecule has 2 heterocycles. The van der Waals surface area contributed by atoms with Crippen LogP contribution in [0.25, 0.3) is 11.3 Å². The first-order valence-corrected chi connectivity index (χ1v) is 11.7. The van der Waals surface area contributed by atoms with Gasteiger partial charge in [-0.3, -0.25) is 9.36 Å². The van der Waals surface area contributed by atoms with Gasteiger partial charge in [0.15, 0.2) is 5.89 Å².